The van der Waals surface area contributed by atoms with Crippen molar-refractivity contribution < 1.29 is 13.9 Å². The number of carbonyl (C=O) groups is 1. The topological polar surface area (TPSA) is 93.4 Å². The van der Waals surface area contributed by atoms with Crippen LogP contribution < -0.4 is 10.9 Å². The monoisotopic (exact) mass is 379 g/mol. The van der Waals surface area contributed by atoms with Crippen molar-refractivity contribution in [2.45, 2.75) is 32.9 Å². The third-order valence-corrected chi connectivity index (χ3v) is 3.85. The number of hydrogen-bond acceptors (Lipinski definition) is 5. The Kier molecular flexibility index (Phi) is 4.53. The van der Waals surface area contributed by atoms with Crippen molar-refractivity contribution in [3.05, 3.63) is 39.1 Å². The van der Waals surface area contributed by atoms with E-state index < -0.39 is 23.1 Å². The van der Waals surface area contributed by atoms with Crippen molar-refractivity contribution in [2.24, 2.45) is 0 Å². The molecule has 1 amide bonds. The minimum Gasteiger partial charge on any atom is -0.444 e. The second-order valence-electron chi connectivity index (χ2n) is 6.71. The maximum atomic E-state index is 13.6. The van der Waals surface area contributed by atoms with Crippen LogP contribution in [-0.4, -0.2) is 37.4 Å². The number of carbonyl (C=O) groups excluding carboxylic acids is 1. The molecule has 0 saturated heterocycles. The number of nitrogens with one attached hydrogen (secondary N) is 2. The molecule has 3 aromatic rings. The SMILES string of the molecule is CC(C)(C)OC(=O)NCCn1c(=O)c2cc(F)ccc2n2c(=S)[nH]nc12. The molecule has 0 aliphatic carbocycles. The number of rotatable bonds is 3. The van der Waals surface area contributed by atoms with Gasteiger partial charge in [-0.05, 0) is 51.2 Å². The molecule has 1 aromatic carbocycles. The average molecular weight is 379 g/mol. The summed E-state index contributed by atoms with van der Waals surface area (Å²) in [5, 5.41) is 9.46. The van der Waals surface area contributed by atoms with E-state index in [1.165, 1.54) is 16.7 Å². The Morgan fingerprint density at radius 3 is 2.85 bits per heavy atom. The van der Waals surface area contributed by atoms with Gasteiger partial charge in [0.25, 0.3) is 5.56 Å². The van der Waals surface area contributed by atoms with Crippen molar-refractivity contribution in [1.29, 1.82) is 0 Å². The maximum absolute atomic E-state index is 13.6. The summed E-state index contributed by atoms with van der Waals surface area (Å²) in [5.41, 5.74) is -0.585. The van der Waals surface area contributed by atoms with Gasteiger partial charge in [0.1, 0.15) is 11.4 Å². The summed E-state index contributed by atoms with van der Waals surface area (Å²) in [6.45, 7) is 5.51. The molecule has 26 heavy (non-hydrogen) atoms. The summed E-state index contributed by atoms with van der Waals surface area (Å²) in [6.07, 6.45) is -0.590. The molecule has 0 unspecified atom stereocenters. The number of alkyl carbamates (subject to hydrolysis) is 1. The maximum Gasteiger partial charge on any atom is 0.407 e. The second kappa shape index (κ2) is 6.52. The van der Waals surface area contributed by atoms with Crippen LogP contribution in [0.15, 0.2) is 23.0 Å². The number of aromatic amines is 1. The van der Waals surface area contributed by atoms with Gasteiger partial charge in [-0.2, -0.15) is 0 Å². The van der Waals surface area contributed by atoms with Gasteiger partial charge in [0.15, 0.2) is 0 Å². The first kappa shape index (κ1) is 18.1. The lowest BCUT2D eigenvalue weighted by Crippen LogP contribution is -2.36. The minimum atomic E-state index is -0.621. The van der Waals surface area contributed by atoms with Crippen molar-refractivity contribution in [2.75, 3.05) is 6.54 Å². The van der Waals surface area contributed by atoms with Crippen molar-refractivity contribution in [1.82, 2.24) is 24.5 Å². The van der Waals surface area contributed by atoms with E-state index in [0.717, 1.165) is 6.07 Å². The van der Waals surface area contributed by atoms with Gasteiger partial charge in [0, 0.05) is 13.1 Å². The molecular formula is C16H18FN5O3S. The van der Waals surface area contributed by atoms with Gasteiger partial charge in [-0.25, -0.2) is 14.3 Å². The molecule has 0 aliphatic rings. The number of hydrogen-bond donors (Lipinski definition) is 2. The van der Waals surface area contributed by atoms with E-state index in [2.05, 4.69) is 15.5 Å². The predicted octanol–water partition coefficient (Wildman–Crippen LogP) is 2.37. The summed E-state index contributed by atoms with van der Waals surface area (Å²) in [5.74, 6) is -0.243. The summed E-state index contributed by atoms with van der Waals surface area (Å²) in [4.78, 5) is 24.5. The van der Waals surface area contributed by atoms with Gasteiger partial charge in [-0.3, -0.25) is 13.8 Å². The number of fused-ring (bicyclic) bond motifs is 3. The first-order valence-electron chi connectivity index (χ1n) is 7.93. The largest absolute Gasteiger partial charge is 0.444 e. The second-order valence-corrected chi connectivity index (χ2v) is 7.10. The van der Waals surface area contributed by atoms with Crippen molar-refractivity contribution in [3.63, 3.8) is 0 Å². The van der Waals surface area contributed by atoms with Crippen molar-refractivity contribution in [3.8, 4) is 0 Å². The Labute approximate surface area is 152 Å². The summed E-state index contributed by atoms with van der Waals surface area (Å²) in [7, 11) is 0. The van der Waals surface area contributed by atoms with Gasteiger partial charge in [-0.15, -0.1) is 5.10 Å². The van der Waals surface area contributed by atoms with Gasteiger partial charge in [0.05, 0.1) is 10.9 Å². The fourth-order valence-corrected chi connectivity index (χ4v) is 2.81. The Morgan fingerprint density at radius 1 is 1.42 bits per heavy atom. The molecule has 3 rings (SSSR count). The molecule has 0 fully saturated rings. The van der Waals surface area contributed by atoms with Gasteiger partial charge < -0.3 is 10.1 Å². The number of H-pyrrole nitrogens is 1. The zero-order valence-electron chi connectivity index (χ0n) is 14.5. The highest BCUT2D eigenvalue weighted by atomic mass is 32.1. The van der Waals surface area contributed by atoms with Crippen LogP contribution in [0.1, 0.15) is 20.8 Å². The van der Waals surface area contributed by atoms with Crippen LogP contribution in [0, 0.1) is 10.6 Å². The molecule has 8 nitrogen and oxygen atoms in total. The van der Waals surface area contributed by atoms with E-state index in [4.69, 9.17) is 17.0 Å². The number of amides is 1. The molecule has 138 valence electrons. The lowest BCUT2D eigenvalue weighted by molar-refractivity contribution is 0.0526. The lowest BCUT2D eigenvalue weighted by atomic mass is 10.2. The number of ether oxygens (including phenoxy) is 1. The highest BCUT2D eigenvalue weighted by Crippen LogP contribution is 2.14. The van der Waals surface area contributed by atoms with Crippen LogP contribution in [0.5, 0.6) is 0 Å². The molecule has 0 saturated carbocycles. The number of nitrogens with zero attached hydrogens (tertiary/aromatic N) is 3. The van der Waals surface area contributed by atoms with Crippen LogP contribution in [0.4, 0.5) is 9.18 Å². The smallest absolute Gasteiger partial charge is 0.407 e. The first-order valence-corrected chi connectivity index (χ1v) is 8.34. The fraction of sp³-hybridized carbons (Fsp3) is 0.375. The molecule has 0 bridgehead atoms. The van der Waals surface area contributed by atoms with Crippen LogP contribution in [0.25, 0.3) is 16.7 Å². The van der Waals surface area contributed by atoms with Gasteiger partial charge in [0.2, 0.25) is 10.5 Å². The summed E-state index contributed by atoms with van der Waals surface area (Å²) in [6, 6.07) is 3.89. The van der Waals surface area contributed by atoms with Gasteiger partial charge in [-0.1, -0.05) is 0 Å². The molecular weight excluding hydrogens is 361 g/mol. The van der Waals surface area contributed by atoms with E-state index in [0.29, 0.717) is 5.52 Å². The molecule has 0 atom stereocenters. The highest BCUT2D eigenvalue weighted by Gasteiger charge is 2.17. The van der Waals surface area contributed by atoms with Crippen molar-refractivity contribution >= 4 is 35.0 Å². The van der Waals surface area contributed by atoms with E-state index in [1.54, 1.807) is 25.2 Å². The normalized spacial score (nSPS) is 11.8. The quantitative estimate of drug-likeness (QED) is 0.682. The third-order valence-electron chi connectivity index (χ3n) is 3.57. The Balaban J connectivity index is 1.97. The molecule has 2 aromatic heterocycles. The number of aromatic nitrogens is 4. The Morgan fingerprint density at radius 2 is 2.15 bits per heavy atom. The molecule has 10 heteroatoms. The van der Waals surface area contributed by atoms with Gasteiger partial charge >= 0.3 is 6.09 Å². The van der Waals surface area contributed by atoms with Crippen LogP contribution in [0.2, 0.25) is 0 Å². The molecule has 2 heterocycles. The average Bonchev–Trinajstić information content (AvgIpc) is 2.90. The number of benzene rings is 1. The van der Waals surface area contributed by atoms with E-state index in [1.807, 2.05) is 0 Å². The van der Waals surface area contributed by atoms with E-state index in [9.17, 15) is 14.0 Å². The van der Waals surface area contributed by atoms with E-state index >= 15 is 0 Å². The van der Waals surface area contributed by atoms with E-state index in [-0.39, 0.29) is 29.0 Å². The first-order chi connectivity index (χ1) is 12.2. The summed E-state index contributed by atoms with van der Waals surface area (Å²) >= 11 is 5.21. The van der Waals surface area contributed by atoms with Crippen LogP contribution in [0.3, 0.4) is 0 Å². The zero-order chi connectivity index (χ0) is 19.1. The minimum absolute atomic E-state index is 0.119. The third kappa shape index (κ3) is 3.45. The highest BCUT2D eigenvalue weighted by molar-refractivity contribution is 7.71. The predicted molar refractivity (Wildman–Crippen MR) is 96.3 cm³/mol. The molecule has 0 aliphatic heterocycles. The van der Waals surface area contributed by atoms with Crippen LogP contribution >= 0.6 is 12.2 Å². The Bertz CT molecular complexity index is 1110. The fourth-order valence-electron chi connectivity index (χ4n) is 2.58. The lowest BCUT2D eigenvalue weighted by Gasteiger charge is -2.19. The zero-order valence-corrected chi connectivity index (χ0v) is 15.3. The molecule has 0 spiro atoms. The molecule has 0 radical (unpaired) electrons. The standard InChI is InChI=1S/C16H18FN5O3S/c1-16(2,3)25-15(24)18-6-7-21-12(23)10-8-9(17)4-5-11(10)22-13(21)19-20-14(22)26/h4-5,8H,6-7H2,1-3H3,(H,18,24)(H,20,26). The Hall–Kier alpha value is -2.75. The van der Waals surface area contributed by atoms with Crippen LogP contribution in [-0.2, 0) is 11.3 Å². The molecule has 2 N–H and O–H groups in total. The number of halogens is 1. The summed E-state index contributed by atoms with van der Waals surface area (Å²) < 4.78 is 21.9.